The van der Waals surface area contributed by atoms with Gasteiger partial charge in [0.25, 0.3) is 0 Å². The molecule has 2 spiro atoms. The van der Waals surface area contributed by atoms with Gasteiger partial charge in [-0.1, -0.05) is 89.7 Å². The Hall–Kier alpha value is -2.25. The van der Waals surface area contributed by atoms with Crippen LogP contribution >= 0.6 is 0 Å². The molecular weight excluding hydrogens is 721 g/mol. The average Bonchev–Trinajstić information content (AvgIpc) is 3.49. The second kappa shape index (κ2) is 23.5. The lowest BCUT2D eigenvalue weighted by Crippen LogP contribution is -2.71. The zero-order chi connectivity index (χ0) is 40.5. The van der Waals surface area contributed by atoms with Crippen molar-refractivity contribution in [3.05, 3.63) is 12.2 Å². The van der Waals surface area contributed by atoms with Crippen LogP contribution in [0.5, 0.6) is 0 Å². The number of hydrogen-bond donors (Lipinski definition) is 4. The fraction of sp³-hybridized carbons (Fsp3) is 0.889. The smallest absolute Gasteiger partial charge is 0.316 e. The van der Waals surface area contributed by atoms with Gasteiger partial charge in [0.2, 0.25) is 5.91 Å². The predicted molar refractivity (Wildman–Crippen MR) is 226 cm³/mol. The van der Waals surface area contributed by atoms with E-state index >= 15 is 0 Å². The van der Waals surface area contributed by atoms with E-state index in [0.29, 0.717) is 51.7 Å². The Morgan fingerprint density at radius 2 is 1.67 bits per heavy atom. The van der Waals surface area contributed by atoms with E-state index in [1.165, 1.54) is 57.8 Å². The molecule has 0 aromatic carbocycles. The van der Waals surface area contributed by atoms with Crippen LogP contribution in [0.25, 0.3) is 0 Å². The Morgan fingerprint density at radius 1 is 0.965 bits per heavy atom. The molecule has 57 heavy (non-hydrogen) atoms. The summed E-state index contributed by atoms with van der Waals surface area (Å²) in [6, 6.07) is 0.328. The Balaban J connectivity index is 0.943. The number of nitrogens with two attached hydrogens (primary N) is 2. The van der Waals surface area contributed by atoms with Crippen LogP contribution in [0.1, 0.15) is 174 Å². The summed E-state index contributed by atoms with van der Waals surface area (Å²) in [6.45, 7) is 6.68. The molecular formula is C45H80N6O6. The molecule has 5 heterocycles. The zero-order valence-corrected chi connectivity index (χ0v) is 35.8. The summed E-state index contributed by atoms with van der Waals surface area (Å²) in [5.74, 6) is 0.440. The molecule has 0 aliphatic carbocycles. The van der Waals surface area contributed by atoms with Gasteiger partial charge in [0, 0.05) is 32.0 Å². The number of nitrogens with one attached hydrogen (secondary N) is 1. The fourth-order valence-electron chi connectivity index (χ4n) is 10.2. The molecule has 326 valence electrons. The van der Waals surface area contributed by atoms with Crippen molar-refractivity contribution in [3.8, 4) is 0 Å². The molecule has 0 bridgehead atoms. The summed E-state index contributed by atoms with van der Waals surface area (Å²) >= 11 is 0. The van der Waals surface area contributed by atoms with Crippen LogP contribution in [0.2, 0.25) is 0 Å². The highest BCUT2D eigenvalue weighted by Gasteiger charge is 2.62. The van der Waals surface area contributed by atoms with Crippen molar-refractivity contribution >= 4 is 17.8 Å². The van der Waals surface area contributed by atoms with Gasteiger partial charge in [-0.25, -0.2) is 4.99 Å². The van der Waals surface area contributed by atoms with E-state index in [2.05, 4.69) is 36.2 Å². The maximum Gasteiger partial charge on any atom is 0.316 e. The van der Waals surface area contributed by atoms with E-state index in [1.54, 1.807) is 4.90 Å². The number of amides is 1. The molecule has 0 radical (unpaired) electrons. The first-order chi connectivity index (χ1) is 27.7. The van der Waals surface area contributed by atoms with Gasteiger partial charge in [0.1, 0.15) is 11.6 Å². The van der Waals surface area contributed by atoms with Crippen molar-refractivity contribution in [3.63, 3.8) is 0 Å². The summed E-state index contributed by atoms with van der Waals surface area (Å²) < 4.78 is 19.6. The minimum absolute atomic E-state index is 0.0307. The number of aliphatic hydroxyl groups excluding tert-OH is 1. The van der Waals surface area contributed by atoms with Crippen LogP contribution < -0.4 is 16.8 Å². The molecule has 8 atom stereocenters. The van der Waals surface area contributed by atoms with Crippen molar-refractivity contribution in [2.24, 2.45) is 22.4 Å². The Morgan fingerprint density at radius 3 is 2.33 bits per heavy atom. The van der Waals surface area contributed by atoms with E-state index < -0.39 is 23.5 Å². The van der Waals surface area contributed by atoms with Gasteiger partial charge in [-0.05, 0) is 97.1 Å². The van der Waals surface area contributed by atoms with E-state index in [-0.39, 0.29) is 30.1 Å². The minimum atomic E-state index is -0.886. The highest BCUT2D eigenvalue weighted by atomic mass is 16.6. The number of aliphatic imine (C=N–C) groups is 1. The molecule has 1 amide bonds. The number of nitrogens with zero attached hydrogens (tertiary/aromatic N) is 3. The van der Waals surface area contributed by atoms with Crippen LogP contribution in [0.15, 0.2) is 17.1 Å². The second-order valence-corrected chi connectivity index (χ2v) is 17.9. The first kappa shape index (κ1) is 45.8. The summed E-state index contributed by atoms with van der Waals surface area (Å²) in [5.41, 5.74) is 9.88. The normalized spacial score (nSPS) is 29.8. The molecule has 12 heteroatoms. The lowest BCUT2D eigenvalue weighted by molar-refractivity contribution is -0.194. The maximum atomic E-state index is 14.0. The van der Waals surface area contributed by atoms with Gasteiger partial charge in [0.15, 0.2) is 11.7 Å². The summed E-state index contributed by atoms with van der Waals surface area (Å²) in [5, 5.41) is 13.9. The van der Waals surface area contributed by atoms with E-state index in [1.807, 2.05) is 0 Å². The van der Waals surface area contributed by atoms with Gasteiger partial charge < -0.3 is 45.9 Å². The first-order valence-electron chi connectivity index (χ1n) is 23.4. The SMILES string of the molecule is CC[C@H]1C=CCC[C@@]2(C[C@@H]3CC[C@@H]4[C@H](C(=O)OCCCCCCCCCCCCCCCC(=O)N(CCCN)C[C@@H](O)CCN)[C@]5(CCC[C@@H](C)O5)N=C(N2)N34)O1. The van der Waals surface area contributed by atoms with E-state index in [4.69, 9.17) is 30.7 Å². The monoisotopic (exact) mass is 801 g/mol. The number of hydrogen-bond acceptors (Lipinski definition) is 11. The molecule has 3 saturated heterocycles. The van der Waals surface area contributed by atoms with Gasteiger partial charge in [0.05, 0.1) is 31.0 Å². The first-order valence-corrected chi connectivity index (χ1v) is 23.4. The van der Waals surface area contributed by atoms with Crippen LogP contribution in [-0.4, -0.2) is 107 Å². The molecule has 5 rings (SSSR count). The minimum Gasteiger partial charge on any atom is -0.465 e. The number of rotatable bonds is 25. The molecule has 3 fully saturated rings. The molecule has 0 aromatic heterocycles. The summed E-state index contributed by atoms with van der Waals surface area (Å²) in [4.78, 5) is 36.3. The zero-order valence-electron chi connectivity index (χ0n) is 35.8. The largest absolute Gasteiger partial charge is 0.465 e. The second-order valence-electron chi connectivity index (χ2n) is 17.9. The summed E-state index contributed by atoms with van der Waals surface area (Å²) in [6.07, 6.45) is 29.4. The summed E-state index contributed by atoms with van der Waals surface area (Å²) in [7, 11) is 0. The highest BCUT2D eigenvalue weighted by Crippen LogP contribution is 2.50. The Kier molecular flexibility index (Phi) is 18.9. The van der Waals surface area contributed by atoms with Crippen LogP contribution in [0.3, 0.4) is 0 Å². The highest BCUT2D eigenvalue weighted by molar-refractivity contribution is 5.87. The molecule has 0 aromatic rings. The van der Waals surface area contributed by atoms with Crippen molar-refractivity contribution in [1.82, 2.24) is 15.1 Å². The molecule has 0 unspecified atom stereocenters. The number of carbonyl (C=O) groups excluding carboxylic acids is 2. The third-order valence-corrected chi connectivity index (χ3v) is 13.2. The van der Waals surface area contributed by atoms with Gasteiger partial charge >= 0.3 is 5.97 Å². The van der Waals surface area contributed by atoms with E-state index in [0.717, 1.165) is 95.9 Å². The maximum absolute atomic E-state index is 14.0. The van der Waals surface area contributed by atoms with Gasteiger partial charge in [-0.2, -0.15) is 0 Å². The standard InChI is InChI=1S/C45H80N6O6/c1-3-38-22-16-17-27-44(57-38)33-36-24-25-39-41(45(28-19-21-35(2)56-45)49-43(48-44)51(36)39)42(54)55-32-18-14-12-10-8-6-4-5-7-9-11-13-15-23-40(53)50(31-20-29-46)34-37(52)26-30-47/h16,22,35-39,41,52H,3-15,17-21,23-34,46-47H2,1-2H3,(H,48,49)/t35-,36+,37+,38+,39-,41-,44+,45-/m1/s1. The number of esters is 1. The molecule has 5 aliphatic rings. The molecule has 12 nitrogen and oxygen atoms in total. The number of unbranched alkanes of at least 4 members (excludes halogenated alkanes) is 12. The molecule has 5 aliphatic heterocycles. The lowest BCUT2D eigenvalue weighted by atomic mass is 9.80. The van der Waals surface area contributed by atoms with Gasteiger partial charge in [-0.3, -0.25) is 9.59 Å². The predicted octanol–water partition coefficient (Wildman–Crippen LogP) is 6.82. The number of carbonyl (C=O) groups is 2. The Labute approximate surface area is 344 Å². The van der Waals surface area contributed by atoms with Crippen molar-refractivity contribution in [2.75, 3.05) is 32.8 Å². The number of allylic oxidation sites excluding steroid dienone is 1. The van der Waals surface area contributed by atoms with Crippen LogP contribution in [-0.2, 0) is 23.8 Å². The van der Waals surface area contributed by atoms with Crippen LogP contribution in [0, 0.1) is 5.92 Å². The van der Waals surface area contributed by atoms with Gasteiger partial charge in [-0.15, -0.1) is 0 Å². The fourth-order valence-corrected chi connectivity index (χ4v) is 10.2. The quantitative estimate of drug-likeness (QED) is 0.0438. The number of guanidine groups is 1. The molecule has 6 N–H and O–H groups in total. The topological polar surface area (TPSA) is 165 Å². The average molecular weight is 801 g/mol. The third-order valence-electron chi connectivity index (χ3n) is 13.2. The third kappa shape index (κ3) is 13.1. The van der Waals surface area contributed by atoms with Crippen molar-refractivity contribution in [2.45, 2.75) is 216 Å². The number of aliphatic hydroxyl groups is 1. The van der Waals surface area contributed by atoms with Crippen LogP contribution in [0.4, 0.5) is 0 Å². The van der Waals surface area contributed by atoms with Crippen molar-refractivity contribution in [1.29, 1.82) is 0 Å². The molecule has 0 saturated carbocycles. The Bertz CT molecular complexity index is 1280. The number of ether oxygens (including phenoxy) is 3. The lowest BCUT2D eigenvalue weighted by Gasteiger charge is -2.55. The van der Waals surface area contributed by atoms with E-state index in [9.17, 15) is 14.7 Å². The van der Waals surface area contributed by atoms with Crippen molar-refractivity contribution < 1.29 is 28.9 Å².